The van der Waals surface area contributed by atoms with Crippen molar-refractivity contribution in [1.29, 1.82) is 0 Å². The summed E-state index contributed by atoms with van der Waals surface area (Å²) >= 11 is -3.01. The van der Waals surface area contributed by atoms with Crippen LogP contribution in [0.2, 0.25) is 0 Å². The first-order valence-corrected chi connectivity index (χ1v) is 14.1. The van der Waals surface area contributed by atoms with E-state index in [4.69, 9.17) is 0 Å². The van der Waals surface area contributed by atoms with Gasteiger partial charge in [-0.25, -0.2) is 0 Å². The normalized spacial score (nSPS) is 17.2. The van der Waals surface area contributed by atoms with Gasteiger partial charge in [0.05, 0.1) is 0 Å². The Bertz CT molecular complexity index is 379. The first-order valence-electron chi connectivity index (χ1n) is 7.45. The first kappa shape index (κ1) is 18.3. The molecule has 0 saturated carbocycles. The van der Waals surface area contributed by atoms with Gasteiger partial charge < -0.3 is 0 Å². The Morgan fingerprint density at radius 1 is 0.950 bits per heavy atom. The molecule has 0 aromatic carbocycles. The number of hydrogen-bond acceptors (Lipinski definition) is 3. The van der Waals surface area contributed by atoms with Crippen LogP contribution >= 0.6 is 0 Å². The molecule has 0 fully saturated rings. The van der Waals surface area contributed by atoms with Gasteiger partial charge in [0.15, 0.2) is 0 Å². The molecule has 0 atom stereocenters. The van der Waals surface area contributed by atoms with E-state index < -0.39 is 20.8 Å². The van der Waals surface area contributed by atoms with E-state index in [0.717, 1.165) is 6.42 Å². The Hall–Kier alpha value is 0.230. The molecule has 1 aliphatic rings. The fraction of sp³-hybridized carbons (Fsp3) is 0.750. The summed E-state index contributed by atoms with van der Waals surface area (Å²) < 4.78 is 9.35. The summed E-state index contributed by atoms with van der Waals surface area (Å²) in [5.41, 5.74) is 1.94. The van der Waals surface area contributed by atoms with Gasteiger partial charge in [-0.1, -0.05) is 0 Å². The van der Waals surface area contributed by atoms with E-state index in [2.05, 4.69) is 83.9 Å². The fourth-order valence-corrected chi connectivity index (χ4v) is 21.7. The van der Waals surface area contributed by atoms with E-state index in [1.54, 1.807) is 8.90 Å². The zero-order chi connectivity index (χ0) is 15.7. The Balaban J connectivity index is 3.36. The minimum atomic E-state index is -3.01. The Morgan fingerprint density at radius 3 is 1.75 bits per heavy atom. The van der Waals surface area contributed by atoms with E-state index >= 15 is 0 Å². The number of hydrogen-bond donors (Lipinski definition) is 0. The second-order valence-corrected chi connectivity index (χ2v) is 24.0. The second-order valence-electron chi connectivity index (χ2n) is 7.67. The number of allylic oxidation sites excluding steroid dienone is 4. The predicted molar refractivity (Wildman–Crippen MR) is 85.9 cm³/mol. The van der Waals surface area contributed by atoms with Crippen LogP contribution in [-0.4, -0.2) is 50.9 Å². The van der Waals surface area contributed by atoms with Crippen molar-refractivity contribution < 1.29 is 20.8 Å². The van der Waals surface area contributed by atoms with Crippen LogP contribution in [0.25, 0.3) is 0 Å². The van der Waals surface area contributed by atoms with Crippen molar-refractivity contribution in [2.45, 2.75) is 33.6 Å². The summed E-state index contributed by atoms with van der Waals surface area (Å²) in [4.78, 5) is 0. The molecular weight excluding hydrogens is 413 g/mol. The van der Waals surface area contributed by atoms with E-state index in [0.29, 0.717) is 5.41 Å². The van der Waals surface area contributed by atoms with Crippen molar-refractivity contribution >= 4 is 0 Å². The average molecular weight is 446 g/mol. The van der Waals surface area contributed by atoms with E-state index in [1.807, 2.05) is 0 Å². The molecule has 0 bridgehead atoms. The molecule has 0 N–H and O–H groups in total. The summed E-state index contributed by atoms with van der Waals surface area (Å²) in [7, 11) is 13.6. The van der Waals surface area contributed by atoms with Crippen LogP contribution in [0.4, 0.5) is 0 Å². The van der Waals surface area contributed by atoms with Gasteiger partial charge in [0.25, 0.3) is 0 Å². The maximum atomic E-state index is 2.54. The van der Waals surface area contributed by atoms with Gasteiger partial charge in [-0.15, -0.1) is 0 Å². The summed E-state index contributed by atoms with van der Waals surface area (Å²) in [6.45, 7) is 7.01. The van der Waals surface area contributed by atoms with Gasteiger partial charge in [-0.05, 0) is 0 Å². The molecule has 3 nitrogen and oxygen atoms in total. The van der Waals surface area contributed by atoms with Crippen molar-refractivity contribution in [2.24, 2.45) is 5.41 Å². The van der Waals surface area contributed by atoms with Crippen LogP contribution < -0.4 is 0 Å². The van der Waals surface area contributed by atoms with Crippen molar-refractivity contribution in [3.8, 4) is 0 Å². The molecule has 0 spiro atoms. The molecule has 0 radical (unpaired) electrons. The SMILES string of the molecule is C[N](C)[Hf]([C]1=C(CC(C)(C)C)C=CC1)([N](C)C)[N](C)C. The van der Waals surface area contributed by atoms with Gasteiger partial charge in [-0.3, -0.25) is 0 Å². The van der Waals surface area contributed by atoms with Crippen molar-refractivity contribution in [1.82, 2.24) is 8.66 Å². The monoisotopic (exact) mass is 447 g/mol. The molecule has 0 aromatic heterocycles. The number of nitrogens with zero attached hydrogens (tertiary/aromatic N) is 3. The zero-order valence-electron chi connectivity index (χ0n) is 14.9. The van der Waals surface area contributed by atoms with Gasteiger partial charge in [0.1, 0.15) is 0 Å². The van der Waals surface area contributed by atoms with Crippen LogP contribution in [0, 0.1) is 5.41 Å². The molecule has 0 heterocycles. The summed E-state index contributed by atoms with van der Waals surface area (Å²) in [6.07, 6.45) is 7.06. The third-order valence-electron chi connectivity index (χ3n) is 4.03. The second kappa shape index (κ2) is 6.55. The summed E-state index contributed by atoms with van der Waals surface area (Å²) in [5.74, 6) is 0. The van der Waals surface area contributed by atoms with Crippen LogP contribution in [0.15, 0.2) is 21.1 Å². The maximum absolute atomic E-state index is 3.01. The van der Waals surface area contributed by atoms with Crippen molar-refractivity contribution in [2.75, 3.05) is 42.3 Å². The third kappa shape index (κ3) is 3.52. The topological polar surface area (TPSA) is 9.72 Å². The molecule has 116 valence electrons. The van der Waals surface area contributed by atoms with Gasteiger partial charge in [-0.2, -0.15) is 0 Å². The molecule has 20 heavy (non-hydrogen) atoms. The molecule has 0 saturated heterocycles. The van der Waals surface area contributed by atoms with Crippen LogP contribution in [0.1, 0.15) is 33.6 Å². The van der Waals surface area contributed by atoms with Crippen LogP contribution in [-0.2, 0) is 20.8 Å². The van der Waals surface area contributed by atoms with E-state index in [9.17, 15) is 0 Å². The quantitative estimate of drug-likeness (QED) is 0.602. The Kier molecular flexibility index (Phi) is 5.99. The molecule has 0 amide bonds. The van der Waals surface area contributed by atoms with E-state index in [1.165, 1.54) is 6.42 Å². The molecule has 0 aromatic rings. The molecule has 0 aliphatic heterocycles. The van der Waals surface area contributed by atoms with Gasteiger partial charge in [0.2, 0.25) is 0 Å². The minimum absolute atomic E-state index is 0.347. The van der Waals surface area contributed by atoms with Gasteiger partial charge >= 0.3 is 132 Å². The Morgan fingerprint density at radius 2 is 1.40 bits per heavy atom. The van der Waals surface area contributed by atoms with Crippen LogP contribution in [0.3, 0.4) is 0 Å². The third-order valence-corrected chi connectivity index (χ3v) is 22.3. The van der Waals surface area contributed by atoms with Crippen LogP contribution in [0.5, 0.6) is 0 Å². The van der Waals surface area contributed by atoms with Gasteiger partial charge in [0, 0.05) is 0 Å². The molecule has 1 rings (SSSR count). The van der Waals surface area contributed by atoms with Crippen molar-refractivity contribution in [3.63, 3.8) is 0 Å². The molecular formula is C16H33HfN3. The zero-order valence-corrected chi connectivity index (χ0v) is 18.5. The van der Waals surface area contributed by atoms with E-state index in [-0.39, 0.29) is 0 Å². The summed E-state index contributed by atoms with van der Waals surface area (Å²) in [5, 5.41) is 0. The Labute approximate surface area is 131 Å². The fourth-order valence-electron chi connectivity index (χ4n) is 3.65. The molecule has 0 unspecified atom stereocenters. The average Bonchev–Trinajstić information content (AvgIpc) is 2.63. The standard InChI is InChI=1S/C10H15.3C2H6N.Hf/c1-10(2,3)8-9-6-4-5-7-9;3*1-3-2;/h4,6H,5,8H2,1-3H3;3*1-2H3;/q;3*-1;+3. The molecule has 4 heteroatoms. The first-order chi connectivity index (χ1) is 9.03. The molecule has 1 aliphatic carbocycles. The number of rotatable bonds is 5. The van der Waals surface area contributed by atoms with Crippen molar-refractivity contribution in [3.05, 3.63) is 21.1 Å². The summed E-state index contributed by atoms with van der Waals surface area (Å²) in [6, 6.07) is 0. The predicted octanol–water partition coefficient (Wildman–Crippen LogP) is 3.22.